The summed E-state index contributed by atoms with van der Waals surface area (Å²) in [5.74, 6) is -1.82. The van der Waals surface area contributed by atoms with Gasteiger partial charge in [0.1, 0.15) is 24.0 Å². The zero-order valence-electron chi connectivity index (χ0n) is 62.3. The number of aromatic nitrogens is 4. The summed E-state index contributed by atoms with van der Waals surface area (Å²) in [6.45, 7) is 22.4. The minimum absolute atomic E-state index is 0. The van der Waals surface area contributed by atoms with Crippen LogP contribution in [0.3, 0.4) is 0 Å². The zero-order valence-corrected chi connectivity index (χ0v) is 64.8. The van der Waals surface area contributed by atoms with Crippen molar-refractivity contribution in [2.75, 3.05) is 19.7 Å². The molecule has 2 atom stereocenters. The van der Waals surface area contributed by atoms with Crippen molar-refractivity contribution in [2.45, 2.75) is 167 Å². The zero-order chi connectivity index (χ0) is 78.2. The molecule has 27 nitrogen and oxygen atoms in total. The minimum Gasteiger partial charge on any atom is -0.487 e. The highest BCUT2D eigenvalue weighted by atomic mass is 32.2. The highest BCUT2D eigenvalue weighted by molar-refractivity contribution is 7.90. The molecule has 0 spiro atoms. The Bertz CT molecular complexity index is 5190. The first-order valence-electron chi connectivity index (χ1n) is 35.0. The average molecular weight is 1550 g/mol. The third-order valence-electron chi connectivity index (χ3n) is 18.1. The second kappa shape index (κ2) is 34.2. The van der Waals surface area contributed by atoms with Crippen LogP contribution in [0.2, 0.25) is 0 Å². The van der Waals surface area contributed by atoms with Crippen LogP contribution in [-0.2, 0) is 55.7 Å². The van der Waals surface area contributed by atoms with Crippen LogP contribution in [0.5, 0.6) is 5.75 Å². The lowest BCUT2D eigenvalue weighted by molar-refractivity contribution is -0.122. The number of ether oxygens (including phenoxy) is 2. The van der Waals surface area contributed by atoms with E-state index in [0.29, 0.717) is 46.7 Å². The number of nitrogens with one attached hydrogen (secondary N) is 6. The Morgan fingerprint density at radius 2 is 1.11 bits per heavy atom. The molecule has 578 valence electrons. The fourth-order valence-corrected chi connectivity index (χ4v) is 16.2. The Hall–Kier alpha value is -10.8. The van der Waals surface area contributed by atoms with Gasteiger partial charge in [0, 0.05) is 42.1 Å². The number of aliphatic imine (C=N–C) groups is 2. The van der Waals surface area contributed by atoms with E-state index < -0.39 is 71.3 Å². The molecule has 0 radical (unpaired) electrons. The summed E-state index contributed by atoms with van der Waals surface area (Å²) < 4.78 is 104. The van der Waals surface area contributed by atoms with E-state index in [9.17, 15) is 39.6 Å². The molecule has 109 heavy (non-hydrogen) atoms. The molecule has 9 aromatic rings. The molecule has 0 unspecified atom stereocenters. The van der Waals surface area contributed by atoms with Crippen molar-refractivity contribution in [1.29, 1.82) is 0 Å². The number of sulfonamides is 3. The van der Waals surface area contributed by atoms with Gasteiger partial charge in [0.25, 0.3) is 41.9 Å². The maximum absolute atomic E-state index is 14.3. The van der Waals surface area contributed by atoms with Gasteiger partial charge in [0.05, 0.1) is 60.5 Å². The molecule has 0 bridgehead atoms. The summed E-state index contributed by atoms with van der Waals surface area (Å²) >= 11 is 0. The monoisotopic (exact) mass is 1540 g/mol. The lowest BCUT2D eigenvalue weighted by Gasteiger charge is -2.23. The molecule has 0 saturated heterocycles. The quantitative estimate of drug-likeness (QED) is 0.0117. The Morgan fingerprint density at radius 3 is 1.61 bits per heavy atom. The first-order valence-corrected chi connectivity index (χ1v) is 39.5. The number of nitrogens with zero attached hydrogens (tertiary/aromatic N) is 6. The van der Waals surface area contributed by atoms with Crippen LogP contribution in [0.25, 0.3) is 45.0 Å². The van der Waals surface area contributed by atoms with Gasteiger partial charge in [-0.15, -0.1) is 0 Å². The van der Waals surface area contributed by atoms with Gasteiger partial charge in [-0.3, -0.25) is 29.6 Å². The summed E-state index contributed by atoms with van der Waals surface area (Å²) in [6, 6.07) is 45.2. The number of rotatable bonds is 24. The van der Waals surface area contributed by atoms with Gasteiger partial charge in [-0.1, -0.05) is 116 Å². The third-order valence-corrected chi connectivity index (χ3v) is 22.5. The molecule has 30 heteroatoms. The lowest BCUT2D eigenvalue weighted by Crippen LogP contribution is -2.48. The van der Waals surface area contributed by atoms with Crippen LogP contribution in [0.1, 0.15) is 130 Å². The molecule has 1 aliphatic carbocycles. The maximum atomic E-state index is 14.3. The highest BCUT2D eigenvalue weighted by Crippen LogP contribution is 2.46. The second-order valence-corrected chi connectivity index (χ2v) is 33.3. The van der Waals surface area contributed by atoms with Gasteiger partial charge in [-0.25, -0.2) is 64.5 Å². The fraction of sp³-hybridized carbons (Fsp3) is 0.329. The van der Waals surface area contributed by atoms with Gasteiger partial charge >= 0.3 is 6.09 Å². The van der Waals surface area contributed by atoms with Crippen molar-refractivity contribution < 1.29 is 59.2 Å². The predicted molar refractivity (Wildman–Crippen MR) is 420 cm³/mol. The molecular formula is C79H96N14O13S3. The maximum Gasteiger partial charge on any atom is 0.407 e. The van der Waals surface area contributed by atoms with Crippen LogP contribution >= 0.6 is 0 Å². The van der Waals surface area contributed by atoms with Crippen LogP contribution in [0, 0.1) is 48.5 Å². The minimum atomic E-state index is -4.49. The van der Waals surface area contributed by atoms with Crippen LogP contribution in [0.15, 0.2) is 182 Å². The molecule has 2 aromatic heterocycles. The van der Waals surface area contributed by atoms with E-state index >= 15 is 0 Å². The largest absolute Gasteiger partial charge is 0.487 e. The first-order chi connectivity index (χ1) is 51.0. The van der Waals surface area contributed by atoms with E-state index in [1.165, 1.54) is 24.3 Å². The fourth-order valence-electron chi connectivity index (χ4n) is 12.6. The van der Waals surface area contributed by atoms with Crippen molar-refractivity contribution >= 4 is 59.9 Å². The molecule has 11 rings (SSSR count). The van der Waals surface area contributed by atoms with Gasteiger partial charge in [-0.2, -0.15) is 10.2 Å². The van der Waals surface area contributed by atoms with E-state index in [1.807, 2.05) is 162 Å². The number of hydrogen-bond acceptors (Lipinski definition) is 18. The SMILES string of the molecule is C.Cc1ccc(-c2cc(C)nn2-c2ccc(S(=O)(=O)NC(=O)[C@@H](N)CCCN=C(N)NO)cc2)cc1.Cc1ccc(-c2cc(C)nn2-c2ccc(S(=O)(=O)NC(=O)[C@H](CCCN=C(NOC(C)(C)C)NS(=O)(=O)c3c(C)c(C)c4c(c3C)CC(C)(C)O4)NC(=O)OCC3c4ccccc4-c4ccccc43)cc2)cc1. The number of amides is 3. The summed E-state index contributed by atoms with van der Waals surface area (Å²) in [5, 5.41) is 20.3. The number of carbonyl (C=O) groups excluding carboxylic acids is 3. The van der Waals surface area contributed by atoms with E-state index in [1.54, 1.807) is 73.7 Å². The number of alkyl carbamates (subject to hydrolysis) is 1. The van der Waals surface area contributed by atoms with Crippen molar-refractivity contribution in [3.8, 4) is 50.8 Å². The molecule has 2 aliphatic rings. The molecule has 0 saturated carbocycles. The van der Waals surface area contributed by atoms with Crippen LogP contribution < -0.4 is 46.6 Å². The third kappa shape index (κ3) is 20.1. The molecule has 7 aromatic carbocycles. The number of benzene rings is 7. The first kappa shape index (κ1) is 82.3. The molecule has 0 fully saturated rings. The number of guanidine groups is 2. The van der Waals surface area contributed by atoms with E-state index in [0.717, 1.165) is 72.8 Å². The molecular weight excluding hydrogens is 1450 g/mol. The number of hydrogen-bond donors (Lipinski definition) is 9. The lowest BCUT2D eigenvalue weighted by atomic mass is 9.94. The summed E-state index contributed by atoms with van der Waals surface area (Å²) in [6.07, 6.45) is 0.0731. The highest BCUT2D eigenvalue weighted by Gasteiger charge is 2.38. The predicted octanol–water partition coefficient (Wildman–Crippen LogP) is 10.9. The average Bonchev–Trinajstić information content (AvgIpc) is 1.66. The van der Waals surface area contributed by atoms with E-state index in [-0.39, 0.29) is 78.9 Å². The molecule has 3 amide bonds. The smallest absolute Gasteiger partial charge is 0.407 e. The standard InChI is InChI=1S/C55H63N7O9S2.C23H29N7O4S.CH4/c1-33-21-23-38(24-22-33)48-30-34(2)58-62(48)39-25-27-40(28-26-39)72(65,66)60-51(63)47(57-53(64)69-32-46-43-18-13-11-16-41(43)42-17-12-14-19-44(42)46)20-15-29-56-52(59-71-54(6,7)8)61-73(67,68)50-36(4)35(3)49-45(37(50)5)31-55(9,10)70-49;1-15-5-7-17(8-6-15)21-14-16(2)27-30(21)18-9-11-19(12-10-18)35(33,34)29-22(31)20(24)4-3-13-26-23(25)28-32;/h11-14,16-19,21-28,30,46-47H,15,20,29,31-32H2,1-10H3,(H,57,64)(H,60,63)(H2,56,59,61);5-12,14,20,32H,3-4,13,24H2,1-2H3,(H,29,31)(H3,25,26,28);1H4/t47-;20-;/m00./s1. The summed E-state index contributed by atoms with van der Waals surface area (Å²) in [4.78, 5) is 54.0. The Morgan fingerprint density at radius 1 is 0.633 bits per heavy atom. The number of carbonyl (C=O) groups is 3. The Kier molecular flexibility index (Phi) is 25.8. The van der Waals surface area contributed by atoms with Gasteiger partial charge in [0.15, 0.2) is 0 Å². The van der Waals surface area contributed by atoms with Gasteiger partial charge in [0.2, 0.25) is 11.9 Å². The molecule has 3 heterocycles. The normalized spacial score (nSPS) is 13.9. The van der Waals surface area contributed by atoms with E-state index in [4.69, 9.17) is 31.0 Å². The molecule has 1 aliphatic heterocycles. The number of nitrogens with two attached hydrogens (primary N) is 2. The van der Waals surface area contributed by atoms with Crippen molar-refractivity contribution in [3.05, 3.63) is 214 Å². The molecule has 11 N–H and O–H groups in total. The van der Waals surface area contributed by atoms with Crippen molar-refractivity contribution in [2.24, 2.45) is 21.5 Å². The van der Waals surface area contributed by atoms with Crippen LogP contribution in [0.4, 0.5) is 4.79 Å². The topological polar surface area (TPSA) is 386 Å². The van der Waals surface area contributed by atoms with Crippen LogP contribution in [-0.4, -0.2) is 123 Å². The van der Waals surface area contributed by atoms with Gasteiger partial charge in [-0.05, 0) is 208 Å². The summed E-state index contributed by atoms with van der Waals surface area (Å²) in [7, 11) is -12.9. The van der Waals surface area contributed by atoms with Gasteiger partial charge < -0.3 is 26.3 Å². The Balaban J connectivity index is 0.000000318. The number of aryl methyl sites for hydroxylation is 4. The second-order valence-electron chi connectivity index (χ2n) is 28.3. The number of hydroxylamine groups is 2. The number of fused-ring (bicyclic) bond motifs is 4. The van der Waals surface area contributed by atoms with Crippen molar-refractivity contribution in [1.82, 2.24) is 50.0 Å². The summed E-state index contributed by atoms with van der Waals surface area (Å²) in [5.41, 5.74) is 29.5. The van der Waals surface area contributed by atoms with Crippen molar-refractivity contribution in [3.63, 3.8) is 0 Å². The van der Waals surface area contributed by atoms with E-state index in [2.05, 4.69) is 40.4 Å². The Labute approximate surface area is 637 Å².